The minimum atomic E-state index is -0.938. The van der Waals surface area contributed by atoms with Crippen LogP contribution in [0.4, 0.5) is 0 Å². The molecule has 0 spiro atoms. The van der Waals surface area contributed by atoms with Gasteiger partial charge in [-0.3, -0.25) is 9.78 Å². The summed E-state index contributed by atoms with van der Waals surface area (Å²) in [4.78, 5) is 18.3. The molecule has 2 rings (SSSR count). The lowest BCUT2D eigenvalue weighted by molar-refractivity contribution is -0.136. The van der Waals surface area contributed by atoms with E-state index in [0.29, 0.717) is 11.7 Å². The SMILES string of the molecule is O=C(O)Cc1cnc(-c2ccncc2)o1. The van der Waals surface area contributed by atoms with Gasteiger partial charge in [-0.05, 0) is 12.1 Å². The van der Waals surface area contributed by atoms with Crippen LogP contribution in [0.3, 0.4) is 0 Å². The number of hydrogen-bond donors (Lipinski definition) is 1. The summed E-state index contributed by atoms with van der Waals surface area (Å²) in [6.07, 6.45) is 4.51. The molecule has 0 radical (unpaired) electrons. The third-order valence-corrected chi connectivity index (χ3v) is 1.81. The number of rotatable bonds is 3. The second-order valence-electron chi connectivity index (χ2n) is 2.94. The van der Waals surface area contributed by atoms with Crippen molar-refractivity contribution in [3.63, 3.8) is 0 Å². The molecule has 15 heavy (non-hydrogen) atoms. The Balaban J connectivity index is 2.24. The molecular weight excluding hydrogens is 196 g/mol. The molecule has 0 saturated heterocycles. The van der Waals surface area contributed by atoms with Crippen molar-refractivity contribution in [2.24, 2.45) is 0 Å². The number of pyridine rings is 1. The van der Waals surface area contributed by atoms with Crippen molar-refractivity contribution in [1.29, 1.82) is 0 Å². The molecule has 0 saturated carbocycles. The van der Waals surface area contributed by atoms with Crippen LogP contribution in [0.2, 0.25) is 0 Å². The van der Waals surface area contributed by atoms with Crippen LogP contribution in [-0.2, 0) is 11.2 Å². The van der Waals surface area contributed by atoms with E-state index >= 15 is 0 Å². The lowest BCUT2D eigenvalue weighted by Gasteiger charge is -1.92. The molecule has 5 nitrogen and oxygen atoms in total. The minimum absolute atomic E-state index is 0.155. The summed E-state index contributed by atoms with van der Waals surface area (Å²) >= 11 is 0. The maximum atomic E-state index is 10.4. The molecule has 76 valence electrons. The smallest absolute Gasteiger partial charge is 0.311 e. The van der Waals surface area contributed by atoms with Gasteiger partial charge in [-0.2, -0.15) is 0 Å². The van der Waals surface area contributed by atoms with Gasteiger partial charge in [0.25, 0.3) is 0 Å². The van der Waals surface area contributed by atoms with Gasteiger partial charge in [-0.15, -0.1) is 0 Å². The topological polar surface area (TPSA) is 76.2 Å². The highest BCUT2D eigenvalue weighted by Gasteiger charge is 2.08. The number of hydrogen-bond acceptors (Lipinski definition) is 4. The van der Waals surface area contributed by atoms with E-state index in [1.165, 1.54) is 6.20 Å². The fourth-order valence-corrected chi connectivity index (χ4v) is 1.17. The Morgan fingerprint density at radius 2 is 2.13 bits per heavy atom. The normalized spacial score (nSPS) is 10.1. The molecular formula is C10H8N2O3. The molecule has 0 atom stereocenters. The molecule has 2 aromatic heterocycles. The van der Waals surface area contributed by atoms with Crippen LogP contribution in [0.5, 0.6) is 0 Å². The van der Waals surface area contributed by atoms with E-state index in [0.717, 1.165) is 5.56 Å². The van der Waals surface area contributed by atoms with Crippen LogP contribution in [0.1, 0.15) is 5.76 Å². The number of carboxylic acid groups (broad SMARTS) is 1. The van der Waals surface area contributed by atoms with Gasteiger partial charge in [-0.25, -0.2) is 4.98 Å². The maximum Gasteiger partial charge on any atom is 0.311 e. The molecule has 0 aromatic carbocycles. The lowest BCUT2D eigenvalue weighted by Crippen LogP contribution is -1.97. The van der Waals surface area contributed by atoms with Crippen LogP contribution in [0.15, 0.2) is 35.1 Å². The Morgan fingerprint density at radius 1 is 1.40 bits per heavy atom. The van der Waals surface area contributed by atoms with E-state index in [4.69, 9.17) is 9.52 Å². The minimum Gasteiger partial charge on any atom is -0.481 e. The molecule has 0 aliphatic heterocycles. The second-order valence-corrected chi connectivity index (χ2v) is 2.94. The number of carboxylic acids is 1. The van der Waals surface area contributed by atoms with Crippen LogP contribution in [0.25, 0.3) is 11.5 Å². The zero-order chi connectivity index (χ0) is 10.7. The summed E-state index contributed by atoms with van der Waals surface area (Å²) < 4.78 is 5.26. The molecule has 0 aliphatic carbocycles. The molecule has 0 aliphatic rings. The van der Waals surface area contributed by atoms with E-state index in [9.17, 15) is 4.79 Å². The average molecular weight is 204 g/mol. The largest absolute Gasteiger partial charge is 0.481 e. The quantitative estimate of drug-likeness (QED) is 0.816. The summed E-state index contributed by atoms with van der Waals surface area (Å²) in [6.45, 7) is 0. The Labute approximate surface area is 85.4 Å². The summed E-state index contributed by atoms with van der Waals surface area (Å²) in [6, 6.07) is 3.49. The summed E-state index contributed by atoms with van der Waals surface area (Å²) in [7, 11) is 0. The molecule has 2 heterocycles. The van der Waals surface area contributed by atoms with Gasteiger partial charge < -0.3 is 9.52 Å². The Hall–Kier alpha value is -2.17. The van der Waals surface area contributed by atoms with Crippen LogP contribution >= 0.6 is 0 Å². The second kappa shape index (κ2) is 3.91. The van der Waals surface area contributed by atoms with Crippen molar-refractivity contribution in [3.8, 4) is 11.5 Å². The first kappa shape index (κ1) is 9.39. The highest BCUT2D eigenvalue weighted by atomic mass is 16.4. The van der Waals surface area contributed by atoms with Crippen molar-refractivity contribution >= 4 is 5.97 Å². The zero-order valence-corrected chi connectivity index (χ0v) is 7.75. The summed E-state index contributed by atoms with van der Waals surface area (Å²) in [5.41, 5.74) is 0.779. The first-order valence-electron chi connectivity index (χ1n) is 4.32. The van der Waals surface area contributed by atoms with Gasteiger partial charge in [0.2, 0.25) is 5.89 Å². The molecule has 2 aromatic rings. The Morgan fingerprint density at radius 3 is 2.80 bits per heavy atom. The number of nitrogens with zero attached hydrogens (tertiary/aromatic N) is 2. The number of carbonyl (C=O) groups is 1. The van der Waals surface area contributed by atoms with Crippen molar-refractivity contribution in [2.75, 3.05) is 0 Å². The van der Waals surface area contributed by atoms with Crippen LogP contribution < -0.4 is 0 Å². The molecule has 0 unspecified atom stereocenters. The third-order valence-electron chi connectivity index (χ3n) is 1.81. The zero-order valence-electron chi connectivity index (χ0n) is 7.75. The van der Waals surface area contributed by atoms with Gasteiger partial charge in [0, 0.05) is 18.0 Å². The van der Waals surface area contributed by atoms with Crippen molar-refractivity contribution in [2.45, 2.75) is 6.42 Å². The van der Waals surface area contributed by atoms with Crippen LogP contribution in [0, 0.1) is 0 Å². The maximum absolute atomic E-state index is 10.4. The van der Waals surface area contributed by atoms with Crippen molar-refractivity contribution < 1.29 is 14.3 Å². The van der Waals surface area contributed by atoms with Gasteiger partial charge in [0.05, 0.1) is 6.20 Å². The fourth-order valence-electron chi connectivity index (χ4n) is 1.17. The first-order chi connectivity index (χ1) is 7.25. The van der Waals surface area contributed by atoms with Gasteiger partial charge in [-0.1, -0.05) is 0 Å². The van der Waals surface area contributed by atoms with Crippen molar-refractivity contribution in [1.82, 2.24) is 9.97 Å². The number of oxazole rings is 1. The van der Waals surface area contributed by atoms with E-state index in [-0.39, 0.29) is 6.42 Å². The van der Waals surface area contributed by atoms with E-state index in [1.54, 1.807) is 24.5 Å². The highest BCUT2D eigenvalue weighted by molar-refractivity contribution is 5.69. The van der Waals surface area contributed by atoms with Crippen molar-refractivity contribution in [3.05, 3.63) is 36.5 Å². The molecule has 0 fully saturated rings. The third kappa shape index (κ3) is 2.19. The molecule has 5 heteroatoms. The van der Waals surface area contributed by atoms with Crippen LogP contribution in [-0.4, -0.2) is 21.0 Å². The Kier molecular flexibility index (Phi) is 2.45. The predicted octanol–water partition coefficient (Wildman–Crippen LogP) is 1.36. The highest BCUT2D eigenvalue weighted by Crippen LogP contribution is 2.17. The van der Waals surface area contributed by atoms with E-state index < -0.39 is 5.97 Å². The number of aromatic nitrogens is 2. The fraction of sp³-hybridized carbons (Fsp3) is 0.100. The first-order valence-corrected chi connectivity index (χ1v) is 4.32. The molecule has 0 bridgehead atoms. The van der Waals surface area contributed by atoms with E-state index in [2.05, 4.69) is 9.97 Å². The molecule has 1 N–H and O–H groups in total. The van der Waals surface area contributed by atoms with Gasteiger partial charge in [0.1, 0.15) is 12.2 Å². The van der Waals surface area contributed by atoms with Gasteiger partial charge >= 0.3 is 5.97 Å². The summed E-state index contributed by atoms with van der Waals surface area (Å²) in [5, 5.41) is 8.55. The average Bonchev–Trinajstić information content (AvgIpc) is 2.67. The predicted molar refractivity (Wildman–Crippen MR) is 51.1 cm³/mol. The lowest BCUT2D eigenvalue weighted by atomic mass is 10.3. The van der Waals surface area contributed by atoms with E-state index in [1.807, 2.05) is 0 Å². The number of aliphatic carboxylic acids is 1. The Bertz CT molecular complexity index is 465. The standard InChI is InChI=1S/C10H8N2O3/c13-9(14)5-8-6-12-10(15-8)7-1-3-11-4-2-7/h1-4,6H,5H2,(H,13,14). The summed E-state index contributed by atoms with van der Waals surface area (Å²) in [5.74, 6) is -0.185. The van der Waals surface area contributed by atoms with Gasteiger partial charge in [0.15, 0.2) is 0 Å². The molecule has 0 amide bonds. The monoisotopic (exact) mass is 204 g/mol.